The van der Waals surface area contributed by atoms with E-state index >= 15 is 0 Å². The van der Waals surface area contributed by atoms with Gasteiger partial charge in [0.15, 0.2) is 11.6 Å². The molecule has 6 heteroatoms. The molecule has 1 aromatic heterocycles. The van der Waals surface area contributed by atoms with Crippen molar-refractivity contribution >= 4 is 23.3 Å². The van der Waals surface area contributed by atoms with Crippen LogP contribution in [-0.2, 0) is 0 Å². The van der Waals surface area contributed by atoms with Gasteiger partial charge < -0.3 is 4.57 Å². The number of aromatic nitrogens is 1. The molecule has 0 aliphatic heterocycles. The molecular formula is C32H20N2O4. The van der Waals surface area contributed by atoms with Crippen molar-refractivity contribution in [1.82, 2.24) is 4.57 Å². The van der Waals surface area contributed by atoms with Gasteiger partial charge in [-0.3, -0.25) is 19.7 Å². The second kappa shape index (κ2) is 9.26. The van der Waals surface area contributed by atoms with Crippen LogP contribution in [0.15, 0.2) is 121 Å². The van der Waals surface area contributed by atoms with Crippen LogP contribution >= 0.6 is 0 Å². The number of nitro benzene ring substituents is 1. The van der Waals surface area contributed by atoms with Crippen molar-refractivity contribution in [2.45, 2.75) is 0 Å². The highest BCUT2D eigenvalue weighted by atomic mass is 16.6. The number of nitrogens with zero attached hydrogens (tertiary/aromatic N) is 2. The van der Waals surface area contributed by atoms with E-state index in [0.29, 0.717) is 22.4 Å². The van der Waals surface area contributed by atoms with Crippen LogP contribution in [0.2, 0.25) is 0 Å². The molecular weight excluding hydrogens is 476 g/mol. The van der Waals surface area contributed by atoms with E-state index in [4.69, 9.17) is 0 Å². The van der Waals surface area contributed by atoms with E-state index in [1.807, 2.05) is 71.3 Å². The highest BCUT2D eigenvalue weighted by molar-refractivity contribution is 6.41. The summed E-state index contributed by atoms with van der Waals surface area (Å²) in [6.07, 6.45) is 1.67. The van der Waals surface area contributed by atoms with E-state index in [2.05, 4.69) is 0 Å². The van der Waals surface area contributed by atoms with Crippen molar-refractivity contribution in [2.24, 2.45) is 0 Å². The average Bonchev–Trinajstić information content (AvgIpc) is 3.45. The number of hydrogen-bond acceptors (Lipinski definition) is 4. The predicted molar refractivity (Wildman–Crippen MR) is 146 cm³/mol. The Morgan fingerprint density at radius 2 is 1.18 bits per heavy atom. The molecule has 0 atom stereocenters. The number of non-ortho nitro benzene ring substituents is 1. The molecule has 0 bridgehead atoms. The third kappa shape index (κ3) is 3.85. The number of carbonyl (C=O) groups is 2. The van der Waals surface area contributed by atoms with Gasteiger partial charge in [-0.05, 0) is 35.4 Å². The van der Waals surface area contributed by atoms with Crippen LogP contribution in [0, 0.1) is 10.1 Å². The first-order valence-corrected chi connectivity index (χ1v) is 12.0. The Labute approximate surface area is 218 Å². The molecule has 0 saturated heterocycles. The molecule has 0 fully saturated rings. The molecule has 0 unspecified atom stereocenters. The van der Waals surface area contributed by atoms with E-state index in [9.17, 15) is 19.7 Å². The Kier molecular flexibility index (Phi) is 5.62. The van der Waals surface area contributed by atoms with Crippen molar-refractivity contribution < 1.29 is 14.5 Å². The summed E-state index contributed by atoms with van der Waals surface area (Å²) in [5.74, 6) is -0.595. The predicted octanol–water partition coefficient (Wildman–Crippen LogP) is 7.18. The summed E-state index contributed by atoms with van der Waals surface area (Å²) in [5, 5.41) is 11.3. The number of Topliss-reactive ketones (excluding diaryl/α,β-unsaturated/α-hetero) is 2. The number of fused-ring (bicyclic) bond motifs is 1. The van der Waals surface area contributed by atoms with Gasteiger partial charge in [0.2, 0.25) is 0 Å². The van der Waals surface area contributed by atoms with Gasteiger partial charge in [-0.25, -0.2) is 0 Å². The summed E-state index contributed by atoms with van der Waals surface area (Å²) in [6.45, 7) is 0. The lowest BCUT2D eigenvalue weighted by Gasteiger charge is -2.15. The first-order valence-electron chi connectivity index (χ1n) is 12.0. The van der Waals surface area contributed by atoms with Crippen molar-refractivity contribution in [2.75, 3.05) is 0 Å². The molecule has 1 heterocycles. The molecule has 0 spiro atoms. The van der Waals surface area contributed by atoms with Crippen molar-refractivity contribution in [3.05, 3.63) is 148 Å². The topological polar surface area (TPSA) is 82.2 Å². The van der Waals surface area contributed by atoms with Crippen LogP contribution in [0.3, 0.4) is 0 Å². The molecule has 5 aromatic rings. The largest absolute Gasteiger partial charge is 0.309 e. The molecule has 1 aliphatic carbocycles. The van der Waals surface area contributed by atoms with Crippen LogP contribution in [0.5, 0.6) is 0 Å². The van der Waals surface area contributed by atoms with Gasteiger partial charge in [0.25, 0.3) is 5.69 Å². The van der Waals surface area contributed by atoms with Gasteiger partial charge in [0.1, 0.15) is 0 Å². The maximum Gasteiger partial charge on any atom is 0.269 e. The second-order valence-corrected chi connectivity index (χ2v) is 8.94. The van der Waals surface area contributed by atoms with Gasteiger partial charge in [0.05, 0.1) is 21.9 Å². The fraction of sp³-hybridized carbons (Fsp3) is 0. The quantitative estimate of drug-likeness (QED) is 0.112. The zero-order valence-corrected chi connectivity index (χ0v) is 20.1. The number of hydrogen-bond donors (Lipinski definition) is 0. The molecule has 0 radical (unpaired) electrons. The number of carbonyl (C=O) groups excluding carboxylic acids is 2. The molecule has 0 amide bonds. The minimum absolute atomic E-state index is 0.00863. The van der Waals surface area contributed by atoms with Crippen molar-refractivity contribution in [1.29, 1.82) is 0 Å². The standard InChI is InChI=1S/C32H20N2O4/c35-31-26-13-7-8-14-27(26)32(36)28(31)19-23-20-29(21-9-3-1-4-10-21)33(30(23)22-11-5-2-6-12-22)24-15-17-25(18-16-24)34(37)38/h1-20H. The fourth-order valence-electron chi connectivity index (χ4n) is 4.90. The van der Waals surface area contributed by atoms with E-state index < -0.39 is 4.92 Å². The zero-order valence-electron chi connectivity index (χ0n) is 20.1. The third-order valence-electron chi connectivity index (χ3n) is 6.67. The van der Waals surface area contributed by atoms with Gasteiger partial charge in [0, 0.05) is 34.5 Å². The smallest absolute Gasteiger partial charge is 0.269 e. The average molecular weight is 497 g/mol. The van der Waals surface area contributed by atoms with E-state index in [1.54, 1.807) is 42.5 Å². The number of rotatable bonds is 5. The summed E-state index contributed by atoms with van der Waals surface area (Å²) in [4.78, 5) is 37.3. The van der Waals surface area contributed by atoms with Crippen LogP contribution < -0.4 is 0 Å². The van der Waals surface area contributed by atoms with Gasteiger partial charge >= 0.3 is 0 Å². The van der Waals surface area contributed by atoms with E-state index in [-0.39, 0.29) is 22.8 Å². The van der Waals surface area contributed by atoms with E-state index in [1.165, 1.54) is 12.1 Å². The van der Waals surface area contributed by atoms with Crippen LogP contribution in [0.4, 0.5) is 5.69 Å². The molecule has 1 aliphatic rings. The number of nitro groups is 1. The Morgan fingerprint density at radius 1 is 0.658 bits per heavy atom. The molecule has 0 N–H and O–H groups in total. The van der Waals surface area contributed by atoms with Crippen molar-refractivity contribution in [3.63, 3.8) is 0 Å². The van der Waals surface area contributed by atoms with Gasteiger partial charge in [-0.2, -0.15) is 0 Å². The minimum Gasteiger partial charge on any atom is -0.309 e. The third-order valence-corrected chi connectivity index (χ3v) is 6.67. The Hall–Kier alpha value is -5.36. The fourth-order valence-corrected chi connectivity index (χ4v) is 4.90. The first kappa shape index (κ1) is 23.1. The Morgan fingerprint density at radius 3 is 1.74 bits per heavy atom. The highest BCUT2D eigenvalue weighted by Gasteiger charge is 2.33. The molecule has 182 valence electrons. The summed E-state index contributed by atoms with van der Waals surface area (Å²) in [5.41, 5.74) is 5.70. The molecule has 6 rings (SSSR count). The molecule has 4 aromatic carbocycles. The lowest BCUT2D eigenvalue weighted by molar-refractivity contribution is -0.384. The zero-order chi connectivity index (χ0) is 26.2. The normalized spacial score (nSPS) is 12.5. The number of ketones is 2. The Bertz CT molecular complexity index is 1710. The van der Waals surface area contributed by atoms with Crippen LogP contribution in [-0.4, -0.2) is 21.1 Å². The molecule has 6 nitrogen and oxygen atoms in total. The first-order chi connectivity index (χ1) is 18.5. The second-order valence-electron chi connectivity index (χ2n) is 8.94. The Balaban J connectivity index is 1.64. The summed E-state index contributed by atoms with van der Waals surface area (Å²) >= 11 is 0. The van der Waals surface area contributed by atoms with Gasteiger partial charge in [-0.15, -0.1) is 0 Å². The maximum atomic E-state index is 13.2. The maximum absolute atomic E-state index is 13.2. The summed E-state index contributed by atoms with van der Waals surface area (Å²) < 4.78 is 2.01. The number of benzene rings is 4. The number of allylic oxidation sites excluding steroid dienone is 1. The van der Waals surface area contributed by atoms with Crippen LogP contribution in [0.25, 0.3) is 34.3 Å². The van der Waals surface area contributed by atoms with Crippen molar-refractivity contribution in [3.8, 4) is 28.2 Å². The SMILES string of the molecule is O=C1C(=Cc2cc(-c3ccccc3)n(-c3ccc([N+](=O)[O-])cc3)c2-c2ccccc2)C(=O)c2ccccc21. The lowest BCUT2D eigenvalue weighted by atomic mass is 10.0. The van der Waals surface area contributed by atoms with E-state index in [0.717, 1.165) is 22.5 Å². The summed E-state index contributed by atoms with van der Waals surface area (Å²) in [7, 11) is 0. The lowest BCUT2D eigenvalue weighted by Crippen LogP contribution is -2.02. The minimum atomic E-state index is -0.430. The van der Waals surface area contributed by atoms with Gasteiger partial charge in [-0.1, -0.05) is 84.9 Å². The molecule has 38 heavy (non-hydrogen) atoms. The monoisotopic (exact) mass is 496 g/mol. The highest BCUT2D eigenvalue weighted by Crippen LogP contribution is 2.39. The molecule has 0 saturated carbocycles. The van der Waals surface area contributed by atoms with Crippen LogP contribution in [0.1, 0.15) is 26.3 Å². The summed E-state index contributed by atoms with van der Waals surface area (Å²) in [6, 6.07) is 34.6.